The smallest absolute Gasteiger partial charge is 0.102 e. The minimum Gasteiger partial charge on any atom is -0.235 e. The molecule has 1 aliphatic rings. The van der Waals surface area contributed by atoms with Crippen molar-refractivity contribution in [2.24, 2.45) is 5.92 Å². The Balaban J connectivity index is 2.10. The van der Waals surface area contributed by atoms with E-state index in [4.69, 9.17) is 0 Å². The van der Waals surface area contributed by atoms with Crippen LogP contribution in [0.25, 0.3) is 0 Å². The molecule has 0 amide bonds. The minimum absolute atomic E-state index is 0.952. The molecule has 1 nitrogen and oxygen atoms in total. The van der Waals surface area contributed by atoms with E-state index in [0.29, 0.717) is 0 Å². The lowest BCUT2D eigenvalue weighted by atomic mass is 10.1. The quantitative estimate of drug-likeness (QED) is 0.456. The molecule has 0 radical (unpaired) electrons. The second-order valence-electron chi connectivity index (χ2n) is 4.09. The van der Waals surface area contributed by atoms with E-state index in [9.17, 15) is 0 Å². The fraction of sp³-hybridized carbons (Fsp3) is 0.583. The van der Waals surface area contributed by atoms with Gasteiger partial charge in [0, 0.05) is 0 Å². The Morgan fingerprint density at radius 3 is 2.93 bits per heavy atom. The maximum Gasteiger partial charge on any atom is 0.102 e. The van der Waals surface area contributed by atoms with E-state index < -0.39 is 0 Å². The van der Waals surface area contributed by atoms with Crippen LogP contribution in [0.2, 0.25) is 0 Å². The van der Waals surface area contributed by atoms with Gasteiger partial charge in [0.1, 0.15) is 8.73 Å². The third-order valence-electron chi connectivity index (χ3n) is 2.55. The van der Waals surface area contributed by atoms with Gasteiger partial charge >= 0.3 is 0 Å². The number of nitrogens with zero attached hydrogens (tertiary/aromatic N) is 1. The van der Waals surface area contributed by atoms with Gasteiger partial charge in [-0.05, 0) is 71.6 Å². The summed E-state index contributed by atoms with van der Waals surface area (Å²) in [5.74, 6) is 2.14. The van der Waals surface area contributed by atoms with E-state index in [0.717, 1.165) is 9.62 Å². The molecule has 0 N–H and O–H groups in total. The summed E-state index contributed by atoms with van der Waals surface area (Å²) in [5.41, 5.74) is 1.47. The van der Waals surface area contributed by atoms with Crippen molar-refractivity contribution in [2.45, 2.75) is 37.6 Å². The number of halogens is 1. The van der Waals surface area contributed by atoms with Crippen LogP contribution in [0.1, 0.15) is 31.7 Å². The van der Waals surface area contributed by atoms with Crippen LogP contribution in [0.5, 0.6) is 0 Å². The zero-order valence-electron chi connectivity index (χ0n) is 9.00. The summed E-state index contributed by atoms with van der Waals surface area (Å²) < 4.78 is 1.12. The van der Waals surface area contributed by atoms with Crippen LogP contribution in [0.3, 0.4) is 0 Å². The SMILES string of the molecule is CCCSc1nc(I)ccc1CC1CC1. The molecule has 82 valence electrons. The molecule has 0 aromatic carbocycles. The average Bonchev–Trinajstić information content (AvgIpc) is 3.02. The van der Waals surface area contributed by atoms with E-state index in [1.54, 1.807) is 0 Å². The van der Waals surface area contributed by atoms with E-state index >= 15 is 0 Å². The summed E-state index contributed by atoms with van der Waals surface area (Å²) in [4.78, 5) is 4.64. The maximum absolute atomic E-state index is 4.64. The molecule has 1 aromatic heterocycles. The van der Waals surface area contributed by atoms with Crippen molar-refractivity contribution in [3.8, 4) is 0 Å². The standard InChI is InChI=1S/C12H16INS/c1-2-7-15-12-10(8-9-3-4-9)5-6-11(13)14-12/h5-6,9H,2-4,7-8H2,1H3. The largest absolute Gasteiger partial charge is 0.235 e. The van der Waals surface area contributed by atoms with Gasteiger partial charge < -0.3 is 0 Å². The topological polar surface area (TPSA) is 12.9 Å². The summed E-state index contributed by atoms with van der Waals surface area (Å²) in [6, 6.07) is 4.40. The van der Waals surface area contributed by atoms with Gasteiger partial charge in [0.2, 0.25) is 0 Å². The third kappa shape index (κ3) is 3.63. The van der Waals surface area contributed by atoms with Crippen molar-refractivity contribution < 1.29 is 0 Å². The Morgan fingerprint density at radius 1 is 1.47 bits per heavy atom. The number of hydrogen-bond acceptors (Lipinski definition) is 2. The first kappa shape index (κ1) is 11.7. The highest BCUT2D eigenvalue weighted by Crippen LogP contribution is 2.35. The molecule has 0 atom stereocenters. The van der Waals surface area contributed by atoms with E-state index in [1.165, 1.54) is 42.0 Å². The van der Waals surface area contributed by atoms with E-state index in [1.807, 2.05) is 11.8 Å². The molecule has 0 bridgehead atoms. The first-order valence-electron chi connectivity index (χ1n) is 5.58. The Morgan fingerprint density at radius 2 is 2.27 bits per heavy atom. The van der Waals surface area contributed by atoms with Crippen molar-refractivity contribution in [3.63, 3.8) is 0 Å². The van der Waals surface area contributed by atoms with Crippen LogP contribution in [0.4, 0.5) is 0 Å². The second-order valence-corrected chi connectivity index (χ2v) is 6.28. The van der Waals surface area contributed by atoms with Gasteiger partial charge in [-0.25, -0.2) is 4.98 Å². The summed E-state index contributed by atoms with van der Waals surface area (Å²) in [5, 5.41) is 1.27. The summed E-state index contributed by atoms with van der Waals surface area (Å²) >= 11 is 4.21. The van der Waals surface area contributed by atoms with Crippen LogP contribution in [-0.4, -0.2) is 10.7 Å². The van der Waals surface area contributed by atoms with Gasteiger partial charge in [0.15, 0.2) is 0 Å². The molecule has 3 heteroatoms. The fourth-order valence-electron chi connectivity index (χ4n) is 1.56. The molecule has 0 saturated heterocycles. The average molecular weight is 333 g/mol. The van der Waals surface area contributed by atoms with Crippen molar-refractivity contribution in [3.05, 3.63) is 21.4 Å². The molecular weight excluding hydrogens is 317 g/mol. The molecule has 0 unspecified atom stereocenters. The minimum atomic E-state index is 0.952. The number of hydrogen-bond donors (Lipinski definition) is 0. The molecule has 1 heterocycles. The van der Waals surface area contributed by atoms with Crippen LogP contribution in [0, 0.1) is 9.62 Å². The predicted octanol–water partition coefficient (Wildman–Crippen LogP) is 4.14. The molecule has 2 rings (SSSR count). The van der Waals surface area contributed by atoms with Crippen molar-refractivity contribution in [1.29, 1.82) is 0 Å². The van der Waals surface area contributed by atoms with Gasteiger partial charge in [-0.1, -0.05) is 13.0 Å². The van der Waals surface area contributed by atoms with Gasteiger partial charge in [-0.2, -0.15) is 0 Å². The molecular formula is C12H16INS. The van der Waals surface area contributed by atoms with Gasteiger partial charge in [-0.3, -0.25) is 0 Å². The van der Waals surface area contributed by atoms with Crippen molar-refractivity contribution in [2.75, 3.05) is 5.75 Å². The zero-order chi connectivity index (χ0) is 10.7. The first-order chi connectivity index (χ1) is 7.29. The highest BCUT2D eigenvalue weighted by Gasteiger charge is 2.23. The number of aromatic nitrogens is 1. The van der Waals surface area contributed by atoms with E-state index in [-0.39, 0.29) is 0 Å². The summed E-state index contributed by atoms with van der Waals surface area (Å²) in [6.45, 7) is 2.22. The lowest BCUT2D eigenvalue weighted by Gasteiger charge is -2.07. The van der Waals surface area contributed by atoms with E-state index in [2.05, 4.69) is 46.6 Å². The molecule has 1 aromatic rings. The zero-order valence-corrected chi connectivity index (χ0v) is 12.0. The number of rotatable bonds is 5. The van der Waals surface area contributed by atoms with Gasteiger partial charge in [0.25, 0.3) is 0 Å². The van der Waals surface area contributed by atoms with Gasteiger partial charge in [-0.15, -0.1) is 11.8 Å². The Labute approximate surface area is 110 Å². The monoisotopic (exact) mass is 333 g/mol. The first-order valence-corrected chi connectivity index (χ1v) is 7.64. The molecule has 0 spiro atoms. The van der Waals surface area contributed by atoms with Crippen LogP contribution in [0.15, 0.2) is 17.2 Å². The lowest BCUT2D eigenvalue weighted by Crippen LogP contribution is -1.96. The molecule has 1 fully saturated rings. The molecule has 15 heavy (non-hydrogen) atoms. The van der Waals surface area contributed by atoms with Crippen molar-refractivity contribution >= 4 is 34.4 Å². The Bertz CT molecular complexity index is 336. The molecule has 1 aliphatic carbocycles. The van der Waals surface area contributed by atoms with Crippen LogP contribution in [-0.2, 0) is 6.42 Å². The fourth-order valence-corrected chi connectivity index (χ4v) is 3.04. The van der Waals surface area contributed by atoms with Crippen LogP contribution < -0.4 is 0 Å². The summed E-state index contributed by atoms with van der Waals surface area (Å²) in [7, 11) is 0. The highest BCUT2D eigenvalue weighted by molar-refractivity contribution is 14.1. The lowest BCUT2D eigenvalue weighted by molar-refractivity contribution is 0.799. The number of pyridine rings is 1. The van der Waals surface area contributed by atoms with Crippen LogP contribution >= 0.6 is 34.4 Å². The Kier molecular flexibility index (Phi) is 4.31. The number of thioether (sulfide) groups is 1. The normalized spacial score (nSPS) is 15.6. The highest BCUT2D eigenvalue weighted by atomic mass is 127. The predicted molar refractivity (Wildman–Crippen MR) is 74.4 cm³/mol. The Hall–Kier alpha value is 0.230. The summed E-state index contributed by atoms with van der Waals surface area (Å²) in [6.07, 6.45) is 5.31. The molecule has 1 saturated carbocycles. The second kappa shape index (κ2) is 5.53. The maximum atomic E-state index is 4.64. The molecule has 0 aliphatic heterocycles. The third-order valence-corrected chi connectivity index (χ3v) is 4.39. The van der Waals surface area contributed by atoms with Gasteiger partial charge in [0.05, 0.1) is 0 Å². The van der Waals surface area contributed by atoms with Crippen molar-refractivity contribution in [1.82, 2.24) is 4.98 Å².